The van der Waals surface area contributed by atoms with E-state index in [9.17, 15) is 13.2 Å². The summed E-state index contributed by atoms with van der Waals surface area (Å²) in [5.41, 5.74) is 2.59. The van der Waals surface area contributed by atoms with Gasteiger partial charge in [0.25, 0.3) is 0 Å². The summed E-state index contributed by atoms with van der Waals surface area (Å²) in [6, 6.07) is 15.8. The van der Waals surface area contributed by atoms with Gasteiger partial charge in [-0.25, -0.2) is 18.4 Å². The molecule has 2 aromatic heterocycles. The first-order valence-corrected chi connectivity index (χ1v) is 13.9. The van der Waals surface area contributed by atoms with Crippen LogP contribution in [0.4, 0.5) is 17.2 Å². The second kappa shape index (κ2) is 10.5. The Bertz CT molecular complexity index is 1740. The average Bonchev–Trinajstić information content (AvgIpc) is 3.17. The molecule has 2 aromatic carbocycles. The van der Waals surface area contributed by atoms with E-state index >= 15 is 0 Å². The lowest BCUT2D eigenvalue weighted by atomic mass is 9.83. The van der Waals surface area contributed by atoms with Crippen LogP contribution < -0.4 is 10.6 Å². The summed E-state index contributed by atoms with van der Waals surface area (Å²) < 4.78 is 34.1. The fourth-order valence-corrected chi connectivity index (χ4v) is 5.26. The summed E-state index contributed by atoms with van der Waals surface area (Å²) in [5, 5.41) is 7.81. The van der Waals surface area contributed by atoms with Crippen LogP contribution in [0.2, 0.25) is 0 Å². The van der Waals surface area contributed by atoms with E-state index in [1.165, 1.54) is 6.26 Å². The van der Waals surface area contributed by atoms with Gasteiger partial charge in [-0.05, 0) is 60.0 Å². The van der Waals surface area contributed by atoms with Crippen molar-refractivity contribution in [2.45, 2.75) is 10.3 Å². The molecule has 0 saturated heterocycles. The molecule has 5 rings (SSSR count). The number of ether oxygens (including phenoxy) is 2. The SMILES string of the molecule is COCC1(COC)C(=O)Nc2cc(C#Cc3nccc4cnc(Nc5ccc(S(C)(=O)=O)cc5)cc34)ccc21. The number of hydrogen-bond acceptors (Lipinski definition) is 8. The highest BCUT2D eigenvalue weighted by Gasteiger charge is 2.47. The number of fused-ring (bicyclic) bond motifs is 2. The standard InChI is InChI=1S/C29H26N4O5S/c1-37-17-29(18-38-2)24-10-4-19(14-26(24)33-28(29)34)5-11-25-23-15-27(31-16-20(23)12-13-30-25)32-21-6-8-22(9-7-21)39(3,35)36/h4,6-10,12-16H,17-18H2,1-3H3,(H,31,32)(H,33,34). The normalized spacial score (nSPS) is 13.9. The minimum Gasteiger partial charge on any atom is -0.383 e. The molecule has 1 amide bonds. The number of methoxy groups -OCH3 is 2. The smallest absolute Gasteiger partial charge is 0.239 e. The molecule has 0 saturated carbocycles. The van der Waals surface area contributed by atoms with E-state index in [-0.39, 0.29) is 24.0 Å². The lowest BCUT2D eigenvalue weighted by molar-refractivity contribution is -0.125. The van der Waals surface area contributed by atoms with Crippen molar-refractivity contribution >= 4 is 43.7 Å². The van der Waals surface area contributed by atoms with Crippen molar-refractivity contribution in [3.05, 3.63) is 83.8 Å². The zero-order valence-electron chi connectivity index (χ0n) is 21.6. The third-order valence-corrected chi connectivity index (χ3v) is 7.66. The van der Waals surface area contributed by atoms with E-state index in [0.29, 0.717) is 22.9 Å². The summed E-state index contributed by atoms with van der Waals surface area (Å²) in [6.07, 6.45) is 4.58. The maximum atomic E-state index is 12.8. The summed E-state index contributed by atoms with van der Waals surface area (Å²) in [5.74, 6) is 6.70. The summed E-state index contributed by atoms with van der Waals surface area (Å²) in [6.45, 7) is 0.410. The number of amides is 1. The molecule has 10 heteroatoms. The summed E-state index contributed by atoms with van der Waals surface area (Å²) in [4.78, 5) is 22.0. The molecule has 2 N–H and O–H groups in total. The molecule has 0 bridgehead atoms. The molecular formula is C29H26N4O5S. The quantitative estimate of drug-likeness (QED) is 0.340. The molecule has 9 nitrogen and oxygen atoms in total. The Hall–Kier alpha value is -4.30. The third kappa shape index (κ3) is 5.20. The topological polar surface area (TPSA) is 120 Å². The van der Waals surface area contributed by atoms with E-state index in [2.05, 4.69) is 32.4 Å². The molecule has 1 aliphatic rings. The number of anilines is 3. The first kappa shape index (κ1) is 26.3. The first-order valence-electron chi connectivity index (χ1n) is 12.0. The number of hydrogen-bond donors (Lipinski definition) is 2. The highest BCUT2D eigenvalue weighted by Crippen LogP contribution is 2.39. The number of nitrogens with one attached hydrogen (secondary N) is 2. The van der Waals surface area contributed by atoms with Gasteiger partial charge in [-0.3, -0.25) is 4.79 Å². The Labute approximate surface area is 226 Å². The van der Waals surface area contributed by atoms with Gasteiger partial charge < -0.3 is 20.1 Å². The molecule has 0 spiro atoms. The molecular weight excluding hydrogens is 516 g/mol. The van der Waals surface area contributed by atoms with Crippen molar-refractivity contribution in [3.8, 4) is 11.8 Å². The molecule has 0 atom stereocenters. The number of aromatic nitrogens is 2. The lowest BCUT2D eigenvalue weighted by Gasteiger charge is -2.25. The summed E-state index contributed by atoms with van der Waals surface area (Å²) in [7, 11) is -0.152. The van der Waals surface area contributed by atoms with E-state index in [1.807, 2.05) is 30.3 Å². The predicted molar refractivity (Wildman–Crippen MR) is 149 cm³/mol. The zero-order valence-corrected chi connectivity index (χ0v) is 22.4. The zero-order chi connectivity index (χ0) is 27.6. The Morgan fingerprint density at radius 3 is 2.41 bits per heavy atom. The van der Waals surface area contributed by atoms with E-state index < -0.39 is 15.3 Å². The van der Waals surface area contributed by atoms with Gasteiger partial charge in [-0.1, -0.05) is 12.0 Å². The highest BCUT2D eigenvalue weighted by atomic mass is 32.2. The Morgan fingerprint density at radius 1 is 0.974 bits per heavy atom. The average molecular weight is 543 g/mol. The van der Waals surface area contributed by atoms with Crippen molar-refractivity contribution in [1.82, 2.24) is 9.97 Å². The van der Waals surface area contributed by atoms with Gasteiger partial charge in [-0.2, -0.15) is 0 Å². The van der Waals surface area contributed by atoms with Gasteiger partial charge >= 0.3 is 0 Å². The molecule has 0 radical (unpaired) electrons. The Morgan fingerprint density at radius 2 is 1.72 bits per heavy atom. The molecule has 39 heavy (non-hydrogen) atoms. The number of pyridine rings is 2. The highest BCUT2D eigenvalue weighted by molar-refractivity contribution is 7.90. The number of rotatable bonds is 7. The van der Waals surface area contributed by atoms with Crippen LogP contribution in [0.25, 0.3) is 10.8 Å². The fourth-order valence-electron chi connectivity index (χ4n) is 4.63. The van der Waals surface area contributed by atoms with E-state index in [0.717, 1.165) is 21.9 Å². The number of nitrogens with zero attached hydrogens (tertiary/aromatic N) is 2. The van der Waals surface area contributed by atoms with Crippen LogP contribution in [0.15, 0.2) is 71.9 Å². The third-order valence-electron chi connectivity index (χ3n) is 6.53. The van der Waals surface area contributed by atoms with Crippen molar-refractivity contribution < 1.29 is 22.7 Å². The van der Waals surface area contributed by atoms with Crippen molar-refractivity contribution in [3.63, 3.8) is 0 Å². The van der Waals surface area contributed by atoms with Crippen molar-refractivity contribution in [2.24, 2.45) is 0 Å². The molecule has 0 unspecified atom stereocenters. The number of sulfone groups is 1. The lowest BCUT2D eigenvalue weighted by Crippen LogP contribution is -2.43. The Kier molecular flexibility index (Phi) is 7.06. The predicted octanol–water partition coefficient (Wildman–Crippen LogP) is 3.66. The van der Waals surface area contributed by atoms with E-state index in [1.54, 1.807) is 50.9 Å². The van der Waals surface area contributed by atoms with Gasteiger partial charge in [0.15, 0.2) is 9.84 Å². The van der Waals surface area contributed by atoms with Crippen LogP contribution in [0.1, 0.15) is 16.8 Å². The van der Waals surface area contributed by atoms with Crippen LogP contribution in [0.5, 0.6) is 0 Å². The van der Waals surface area contributed by atoms with Gasteiger partial charge in [0.1, 0.15) is 16.9 Å². The maximum absolute atomic E-state index is 12.8. The maximum Gasteiger partial charge on any atom is 0.239 e. The largest absolute Gasteiger partial charge is 0.383 e. The molecule has 3 heterocycles. The van der Waals surface area contributed by atoms with Gasteiger partial charge in [0.2, 0.25) is 5.91 Å². The molecule has 198 valence electrons. The summed E-state index contributed by atoms with van der Waals surface area (Å²) >= 11 is 0. The fraction of sp³-hybridized carbons (Fsp3) is 0.207. The first-order chi connectivity index (χ1) is 18.7. The van der Waals surface area contributed by atoms with E-state index in [4.69, 9.17) is 9.47 Å². The van der Waals surface area contributed by atoms with Gasteiger partial charge in [0.05, 0.1) is 18.1 Å². The monoisotopic (exact) mass is 542 g/mol. The van der Waals surface area contributed by atoms with Crippen LogP contribution >= 0.6 is 0 Å². The number of carbonyl (C=O) groups is 1. The molecule has 0 aliphatic carbocycles. The van der Waals surface area contributed by atoms with Crippen LogP contribution in [-0.2, 0) is 29.5 Å². The second-order valence-corrected chi connectivity index (χ2v) is 11.3. The van der Waals surface area contributed by atoms with Crippen molar-refractivity contribution in [1.29, 1.82) is 0 Å². The van der Waals surface area contributed by atoms with Crippen LogP contribution in [0.3, 0.4) is 0 Å². The number of carbonyl (C=O) groups excluding carboxylic acids is 1. The minimum absolute atomic E-state index is 0.166. The van der Waals surface area contributed by atoms with Gasteiger partial charge in [0, 0.05) is 60.6 Å². The van der Waals surface area contributed by atoms with Crippen molar-refractivity contribution in [2.75, 3.05) is 44.3 Å². The van der Waals surface area contributed by atoms with Crippen LogP contribution in [-0.4, -0.2) is 58.0 Å². The molecule has 4 aromatic rings. The molecule has 1 aliphatic heterocycles. The van der Waals surface area contributed by atoms with Crippen LogP contribution in [0, 0.1) is 11.8 Å². The van der Waals surface area contributed by atoms with Gasteiger partial charge in [-0.15, -0.1) is 0 Å². The second-order valence-electron chi connectivity index (χ2n) is 9.28. The molecule has 0 fully saturated rings. The minimum atomic E-state index is -3.27. The Balaban J connectivity index is 1.44. The number of benzene rings is 2.